The van der Waals surface area contributed by atoms with E-state index in [1.165, 1.54) is 0 Å². The summed E-state index contributed by atoms with van der Waals surface area (Å²) in [4.78, 5) is 0. The van der Waals surface area contributed by atoms with Crippen molar-refractivity contribution in [3.63, 3.8) is 0 Å². The van der Waals surface area contributed by atoms with Crippen LogP contribution in [0.1, 0.15) is 17.5 Å². The van der Waals surface area contributed by atoms with Gasteiger partial charge in [0.2, 0.25) is 0 Å². The van der Waals surface area contributed by atoms with Gasteiger partial charge in [0.1, 0.15) is 0 Å². The first-order valence-corrected chi connectivity index (χ1v) is 4.77. The average Bonchev–Trinajstić information content (AvgIpc) is 2.25. The first-order chi connectivity index (χ1) is 6.86. The van der Waals surface area contributed by atoms with E-state index in [0.717, 1.165) is 11.1 Å². The molecule has 0 heterocycles. The molecule has 0 saturated carbocycles. The molecule has 0 atom stereocenters. The van der Waals surface area contributed by atoms with Gasteiger partial charge in [0.05, 0.1) is 6.61 Å². The van der Waals surface area contributed by atoms with Crippen LogP contribution in [0.2, 0.25) is 0 Å². The van der Waals surface area contributed by atoms with Gasteiger partial charge in [-0.2, -0.15) is 0 Å². The number of hydrogen-bond acceptors (Lipinski definition) is 2. The highest BCUT2D eigenvalue weighted by molar-refractivity contribution is 5.47. The third-order valence-electron chi connectivity index (χ3n) is 1.93. The number of aliphatic hydroxyl groups excluding tert-OH is 1. The van der Waals surface area contributed by atoms with Gasteiger partial charge in [0.25, 0.3) is 0 Å². The van der Waals surface area contributed by atoms with Gasteiger partial charge >= 0.3 is 0 Å². The molecule has 76 valence electrons. The largest absolute Gasteiger partial charge is 0.396 e. The monoisotopic (exact) mass is 192 g/mol. The highest BCUT2D eigenvalue weighted by Gasteiger charge is 1.92. The Morgan fingerprint density at radius 3 is 2.57 bits per heavy atom. The zero-order chi connectivity index (χ0) is 10.2. The molecule has 0 saturated heterocycles. The van der Waals surface area contributed by atoms with Crippen molar-refractivity contribution in [2.75, 3.05) is 13.2 Å². The van der Waals surface area contributed by atoms with Crippen LogP contribution in [0.25, 0.3) is 6.08 Å². The third kappa shape index (κ3) is 3.73. The van der Waals surface area contributed by atoms with Crippen molar-refractivity contribution in [1.82, 2.24) is 0 Å². The maximum atomic E-state index is 8.54. The Hall–Kier alpha value is -1.12. The summed E-state index contributed by atoms with van der Waals surface area (Å²) >= 11 is 0. The highest BCUT2D eigenvalue weighted by atomic mass is 16.5. The zero-order valence-corrected chi connectivity index (χ0v) is 8.28. The van der Waals surface area contributed by atoms with Crippen LogP contribution in [-0.4, -0.2) is 18.3 Å². The summed E-state index contributed by atoms with van der Waals surface area (Å²) in [6.07, 6.45) is 2.52. The van der Waals surface area contributed by atoms with Gasteiger partial charge in [-0.05, 0) is 17.5 Å². The number of rotatable bonds is 6. The van der Waals surface area contributed by atoms with Gasteiger partial charge < -0.3 is 9.84 Å². The van der Waals surface area contributed by atoms with Crippen LogP contribution >= 0.6 is 0 Å². The topological polar surface area (TPSA) is 29.5 Å². The molecular weight excluding hydrogens is 176 g/mol. The Bertz CT molecular complexity index is 264. The molecule has 0 aromatic heterocycles. The van der Waals surface area contributed by atoms with Gasteiger partial charge in [0.15, 0.2) is 0 Å². The SMILES string of the molecule is C=Cc1ccc(COCCCO)cc1. The molecule has 0 fully saturated rings. The van der Waals surface area contributed by atoms with Crippen LogP contribution in [-0.2, 0) is 11.3 Å². The van der Waals surface area contributed by atoms with Crippen LogP contribution in [0.5, 0.6) is 0 Å². The third-order valence-corrected chi connectivity index (χ3v) is 1.93. The second-order valence-electron chi connectivity index (χ2n) is 3.08. The molecule has 0 spiro atoms. The number of ether oxygens (including phenoxy) is 1. The molecule has 0 aliphatic rings. The van der Waals surface area contributed by atoms with E-state index in [2.05, 4.69) is 6.58 Å². The first kappa shape index (κ1) is 11.0. The van der Waals surface area contributed by atoms with E-state index in [0.29, 0.717) is 19.6 Å². The fourth-order valence-electron chi connectivity index (χ4n) is 1.11. The minimum Gasteiger partial charge on any atom is -0.396 e. The van der Waals surface area contributed by atoms with Crippen molar-refractivity contribution in [1.29, 1.82) is 0 Å². The molecule has 0 aliphatic heterocycles. The maximum Gasteiger partial charge on any atom is 0.0716 e. The molecule has 0 amide bonds. The Morgan fingerprint density at radius 2 is 2.00 bits per heavy atom. The zero-order valence-electron chi connectivity index (χ0n) is 8.28. The highest BCUT2D eigenvalue weighted by Crippen LogP contribution is 2.06. The van der Waals surface area contributed by atoms with Crippen LogP contribution in [0, 0.1) is 0 Å². The fourth-order valence-corrected chi connectivity index (χ4v) is 1.11. The Balaban J connectivity index is 2.32. The molecule has 2 nitrogen and oxygen atoms in total. The minimum atomic E-state index is 0.190. The molecule has 1 rings (SSSR count). The Kier molecular flexibility index (Phi) is 4.97. The van der Waals surface area contributed by atoms with Crippen molar-refractivity contribution in [2.45, 2.75) is 13.0 Å². The summed E-state index contributed by atoms with van der Waals surface area (Å²) < 4.78 is 5.35. The maximum absolute atomic E-state index is 8.54. The van der Waals surface area contributed by atoms with Gasteiger partial charge in [-0.15, -0.1) is 0 Å². The predicted molar refractivity (Wildman–Crippen MR) is 57.9 cm³/mol. The molecule has 0 radical (unpaired) electrons. The van der Waals surface area contributed by atoms with Gasteiger partial charge in [0, 0.05) is 13.2 Å². The molecule has 0 bridgehead atoms. The summed E-state index contributed by atoms with van der Waals surface area (Å²) in [5.41, 5.74) is 2.26. The van der Waals surface area contributed by atoms with Crippen LogP contribution < -0.4 is 0 Å². The normalized spacial score (nSPS) is 10.1. The second-order valence-corrected chi connectivity index (χ2v) is 3.08. The summed E-state index contributed by atoms with van der Waals surface area (Å²) in [5, 5.41) is 8.54. The van der Waals surface area contributed by atoms with E-state index in [4.69, 9.17) is 9.84 Å². The van der Waals surface area contributed by atoms with Crippen LogP contribution in [0.3, 0.4) is 0 Å². The van der Waals surface area contributed by atoms with Gasteiger partial charge in [-0.1, -0.05) is 36.9 Å². The molecule has 1 aromatic rings. The van der Waals surface area contributed by atoms with E-state index < -0.39 is 0 Å². The number of hydrogen-bond donors (Lipinski definition) is 1. The molecule has 2 heteroatoms. The van der Waals surface area contributed by atoms with Crippen molar-refractivity contribution < 1.29 is 9.84 Å². The molecule has 0 aliphatic carbocycles. The van der Waals surface area contributed by atoms with Crippen molar-refractivity contribution >= 4 is 6.08 Å². The summed E-state index contributed by atoms with van der Waals surface area (Å²) in [6.45, 7) is 5.10. The summed E-state index contributed by atoms with van der Waals surface area (Å²) in [5.74, 6) is 0. The van der Waals surface area contributed by atoms with Crippen LogP contribution in [0.4, 0.5) is 0 Å². The number of aliphatic hydroxyl groups is 1. The van der Waals surface area contributed by atoms with E-state index in [9.17, 15) is 0 Å². The second kappa shape index (κ2) is 6.35. The van der Waals surface area contributed by atoms with Gasteiger partial charge in [-0.3, -0.25) is 0 Å². The predicted octanol–water partition coefficient (Wildman–Crippen LogP) is 2.23. The van der Waals surface area contributed by atoms with E-state index in [-0.39, 0.29) is 6.61 Å². The summed E-state index contributed by atoms with van der Waals surface area (Å²) in [6, 6.07) is 8.07. The van der Waals surface area contributed by atoms with E-state index in [1.807, 2.05) is 30.3 Å². The lowest BCUT2D eigenvalue weighted by Crippen LogP contribution is -1.97. The van der Waals surface area contributed by atoms with Crippen molar-refractivity contribution in [3.05, 3.63) is 42.0 Å². The fraction of sp³-hybridized carbons (Fsp3) is 0.333. The lowest BCUT2D eigenvalue weighted by atomic mass is 10.1. The molecule has 0 unspecified atom stereocenters. The average molecular weight is 192 g/mol. The first-order valence-electron chi connectivity index (χ1n) is 4.77. The lowest BCUT2D eigenvalue weighted by Gasteiger charge is -2.03. The Morgan fingerprint density at radius 1 is 1.29 bits per heavy atom. The van der Waals surface area contributed by atoms with Crippen molar-refractivity contribution in [3.8, 4) is 0 Å². The molecule has 14 heavy (non-hydrogen) atoms. The lowest BCUT2D eigenvalue weighted by molar-refractivity contribution is 0.104. The molecular formula is C12H16O2. The standard InChI is InChI=1S/C12H16O2/c1-2-11-4-6-12(7-5-11)10-14-9-3-8-13/h2,4-7,13H,1,3,8-10H2. The Labute approximate surface area is 84.8 Å². The van der Waals surface area contributed by atoms with Gasteiger partial charge in [-0.25, -0.2) is 0 Å². The van der Waals surface area contributed by atoms with Crippen LogP contribution in [0.15, 0.2) is 30.8 Å². The van der Waals surface area contributed by atoms with E-state index in [1.54, 1.807) is 0 Å². The van der Waals surface area contributed by atoms with E-state index >= 15 is 0 Å². The smallest absolute Gasteiger partial charge is 0.0716 e. The number of benzene rings is 1. The minimum absolute atomic E-state index is 0.190. The molecule has 1 aromatic carbocycles. The summed E-state index contributed by atoms with van der Waals surface area (Å²) in [7, 11) is 0. The molecule has 1 N–H and O–H groups in total. The quantitative estimate of drug-likeness (QED) is 0.700. The van der Waals surface area contributed by atoms with Crippen molar-refractivity contribution in [2.24, 2.45) is 0 Å².